The van der Waals surface area contributed by atoms with Gasteiger partial charge >= 0.3 is 0 Å². The van der Waals surface area contributed by atoms with Gasteiger partial charge in [0.25, 0.3) is 0 Å². The highest BCUT2D eigenvalue weighted by Gasteiger charge is 2.23. The average Bonchev–Trinajstić information content (AvgIpc) is 2.27. The second kappa shape index (κ2) is 5.30. The van der Waals surface area contributed by atoms with Gasteiger partial charge in [-0.25, -0.2) is 0 Å². The van der Waals surface area contributed by atoms with Crippen LogP contribution in [0.3, 0.4) is 0 Å². The zero-order valence-corrected chi connectivity index (χ0v) is 10.7. The number of hydrogen-bond donors (Lipinski definition) is 2. The maximum absolute atomic E-state index is 6.15. The van der Waals surface area contributed by atoms with Gasteiger partial charge in [0.1, 0.15) is 0 Å². The number of rotatable bonds is 2. The standard InChI is InChI=1S/C12H17ClN2S/c13-9-6-5-8(14)7-12(9)16-11-4-2-1-3-10(11)15/h5-7,10-11H,1-4,14-15H2. The van der Waals surface area contributed by atoms with E-state index in [0.717, 1.165) is 22.0 Å². The summed E-state index contributed by atoms with van der Waals surface area (Å²) >= 11 is 7.92. The van der Waals surface area contributed by atoms with E-state index in [4.69, 9.17) is 23.1 Å². The summed E-state index contributed by atoms with van der Waals surface area (Å²) in [7, 11) is 0. The van der Waals surface area contributed by atoms with Gasteiger partial charge in [0.2, 0.25) is 0 Å². The molecule has 0 aliphatic heterocycles. The Morgan fingerprint density at radius 1 is 1.25 bits per heavy atom. The molecule has 0 heterocycles. The third-order valence-electron chi connectivity index (χ3n) is 2.99. The molecule has 0 aromatic heterocycles. The zero-order valence-electron chi connectivity index (χ0n) is 9.16. The summed E-state index contributed by atoms with van der Waals surface area (Å²) in [6, 6.07) is 5.91. The van der Waals surface area contributed by atoms with Crippen molar-refractivity contribution < 1.29 is 0 Å². The second-order valence-corrected chi connectivity index (χ2v) is 5.98. The molecule has 1 aromatic carbocycles. The summed E-state index contributed by atoms with van der Waals surface area (Å²) in [6.45, 7) is 0. The lowest BCUT2D eigenvalue weighted by Crippen LogP contribution is -2.35. The van der Waals surface area contributed by atoms with Crippen LogP contribution < -0.4 is 11.5 Å². The van der Waals surface area contributed by atoms with Crippen LogP contribution in [0, 0.1) is 0 Å². The van der Waals surface area contributed by atoms with Gasteiger partial charge in [-0.05, 0) is 31.0 Å². The number of thioether (sulfide) groups is 1. The first kappa shape index (κ1) is 12.1. The molecule has 2 nitrogen and oxygen atoms in total. The van der Waals surface area contributed by atoms with Crippen molar-refractivity contribution in [2.24, 2.45) is 5.73 Å². The van der Waals surface area contributed by atoms with E-state index in [1.807, 2.05) is 18.2 Å². The molecule has 1 fully saturated rings. The fourth-order valence-corrected chi connectivity index (χ4v) is 3.60. The Kier molecular flexibility index (Phi) is 4.00. The SMILES string of the molecule is Nc1ccc(Cl)c(SC2CCCCC2N)c1. The molecule has 2 atom stereocenters. The van der Waals surface area contributed by atoms with Gasteiger partial charge in [0.05, 0.1) is 5.02 Å². The highest BCUT2D eigenvalue weighted by Crippen LogP contribution is 2.37. The highest BCUT2D eigenvalue weighted by molar-refractivity contribution is 8.00. The molecule has 16 heavy (non-hydrogen) atoms. The summed E-state index contributed by atoms with van der Waals surface area (Å²) < 4.78 is 0. The molecule has 1 aromatic rings. The molecule has 88 valence electrons. The number of nitrogens with two attached hydrogens (primary N) is 2. The smallest absolute Gasteiger partial charge is 0.0543 e. The maximum Gasteiger partial charge on any atom is 0.0543 e. The molecule has 0 amide bonds. The van der Waals surface area contributed by atoms with Crippen molar-refractivity contribution in [3.63, 3.8) is 0 Å². The monoisotopic (exact) mass is 256 g/mol. The van der Waals surface area contributed by atoms with Crippen molar-refractivity contribution in [2.75, 3.05) is 5.73 Å². The van der Waals surface area contributed by atoms with Crippen molar-refractivity contribution >= 4 is 29.1 Å². The molecule has 0 radical (unpaired) electrons. The van der Waals surface area contributed by atoms with Crippen LogP contribution >= 0.6 is 23.4 Å². The molecule has 1 aliphatic rings. The van der Waals surface area contributed by atoms with Gasteiger partial charge in [-0.15, -0.1) is 11.8 Å². The minimum absolute atomic E-state index is 0.288. The van der Waals surface area contributed by atoms with Crippen LogP contribution in [0.15, 0.2) is 23.1 Å². The zero-order chi connectivity index (χ0) is 11.5. The van der Waals surface area contributed by atoms with Crippen molar-refractivity contribution in [2.45, 2.75) is 41.9 Å². The topological polar surface area (TPSA) is 52.0 Å². The van der Waals surface area contributed by atoms with Crippen LogP contribution in [0.4, 0.5) is 5.69 Å². The summed E-state index contributed by atoms with van der Waals surface area (Å²) in [5.41, 5.74) is 12.6. The summed E-state index contributed by atoms with van der Waals surface area (Å²) in [4.78, 5) is 1.06. The lowest BCUT2D eigenvalue weighted by molar-refractivity contribution is 0.453. The molecule has 4 N–H and O–H groups in total. The van der Waals surface area contributed by atoms with Gasteiger partial charge in [-0.1, -0.05) is 24.4 Å². The summed E-state index contributed by atoms with van der Waals surface area (Å²) in [6.07, 6.45) is 4.82. The first-order valence-electron chi connectivity index (χ1n) is 5.64. The largest absolute Gasteiger partial charge is 0.399 e. The average molecular weight is 257 g/mol. The molecule has 4 heteroatoms. The molecule has 1 aliphatic carbocycles. The number of benzene rings is 1. The Labute approximate surface area is 106 Å². The van der Waals surface area contributed by atoms with Crippen LogP contribution in [0.5, 0.6) is 0 Å². The fraction of sp³-hybridized carbons (Fsp3) is 0.500. The Hall–Kier alpha value is -0.380. The molecule has 2 unspecified atom stereocenters. The van der Waals surface area contributed by atoms with E-state index >= 15 is 0 Å². The number of nitrogen functional groups attached to an aromatic ring is 1. The van der Waals surface area contributed by atoms with Crippen molar-refractivity contribution in [3.8, 4) is 0 Å². The first-order chi connectivity index (χ1) is 7.66. The maximum atomic E-state index is 6.15. The minimum Gasteiger partial charge on any atom is -0.399 e. The molecule has 0 saturated heterocycles. The second-order valence-electron chi connectivity index (χ2n) is 4.29. The van der Waals surface area contributed by atoms with E-state index in [-0.39, 0.29) is 6.04 Å². The van der Waals surface area contributed by atoms with Crippen molar-refractivity contribution in [3.05, 3.63) is 23.2 Å². The van der Waals surface area contributed by atoms with E-state index in [2.05, 4.69) is 0 Å². The number of anilines is 1. The van der Waals surface area contributed by atoms with Gasteiger partial charge in [0, 0.05) is 21.9 Å². The quantitative estimate of drug-likeness (QED) is 0.799. The van der Waals surface area contributed by atoms with E-state index in [1.54, 1.807) is 11.8 Å². The Bertz CT molecular complexity index is 370. The molecular formula is C12H17ClN2S. The highest BCUT2D eigenvalue weighted by atomic mass is 35.5. The van der Waals surface area contributed by atoms with Crippen LogP contribution in [-0.4, -0.2) is 11.3 Å². The third kappa shape index (κ3) is 2.84. The number of hydrogen-bond acceptors (Lipinski definition) is 3. The van der Waals surface area contributed by atoms with E-state index < -0.39 is 0 Å². The molecular weight excluding hydrogens is 240 g/mol. The van der Waals surface area contributed by atoms with Crippen LogP contribution in [0.2, 0.25) is 5.02 Å². The number of halogens is 1. The van der Waals surface area contributed by atoms with E-state index in [0.29, 0.717) is 5.25 Å². The van der Waals surface area contributed by atoms with Crippen LogP contribution in [0.25, 0.3) is 0 Å². The van der Waals surface area contributed by atoms with Gasteiger partial charge < -0.3 is 11.5 Å². The van der Waals surface area contributed by atoms with Crippen molar-refractivity contribution in [1.29, 1.82) is 0 Å². The lowest BCUT2D eigenvalue weighted by Gasteiger charge is -2.28. The lowest BCUT2D eigenvalue weighted by atomic mass is 9.96. The Morgan fingerprint density at radius 2 is 2.00 bits per heavy atom. The van der Waals surface area contributed by atoms with Crippen LogP contribution in [-0.2, 0) is 0 Å². The normalized spacial score (nSPS) is 25.6. The summed E-state index contributed by atoms with van der Waals surface area (Å²) in [5, 5.41) is 1.25. The van der Waals surface area contributed by atoms with Gasteiger partial charge in [-0.2, -0.15) is 0 Å². The fourth-order valence-electron chi connectivity index (χ4n) is 2.05. The Balaban J connectivity index is 2.10. The third-order valence-corrected chi connectivity index (χ3v) is 4.91. The van der Waals surface area contributed by atoms with E-state index in [1.165, 1.54) is 19.3 Å². The first-order valence-corrected chi connectivity index (χ1v) is 6.90. The summed E-state index contributed by atoms with van der Waals surface area (Å²) in [5.74, 6) is 0. The van der Waals surface area contributed by atoms with E-state index in [9.17, 15) is 0 Å². The molecule has 2 rings (SSSR count). The Morgan fingerprint density at radius 3 is 2.75 bits per heavy atom. The van der Waals surface area contributed by atoms with Crippen molar-refractivity contribution in [1.82, 2.24) is 0 Å². The minimum atomic E-state index is 0.288. The molecule has 1 saturated carbocycles. The van der Waals surface area contributed by atoms with Gasteiger partial charge in [0.15, 0.2) is 0 Å². The molecule has 0 bridgehead atoms. The van der Waals surface area contributed by atoms with Crippen LogP contribution in [0.1, 0.15) is 25.7 Å². The van der Waals surface area contributed by atoms with Gasteiger partial charge in [-0.3, -0.25) is 0 Å². The predicted octanol–water partition coefficient (Wildman–Crippen LogP) is 3.28. The predicted molar refractivity (Wildman–Crippen MR) is 72.0 cm³/mol. The molecule has 0 spiro atoms.